The zero-order valence-corrected chi connectivity index (χ0v) is 41.4. The van der Waals surface area contributed by atoms with E-state index < -0.39 is 34.3 Å². The number of nitrogens with zero attached hydrogens (tertiary/aromatic N) is 10. The number of aromatic amines is 1. The first-order valence-electron chi connectivity index (χ1n) is 24.5. The molecule has 1 spiro atoms. The summed E-state index contributed by atoms with van der Waals surface area (Å²) < 4.78 is 50.9. The number of benzene rings is 3. The van der Waals surface area contributed by atoms with Crippen molar-refractivity contribution in [3.63, 3.8) is 0 Å². The Morgan fingerprint density at radius 3 is 2.33 bits per heavy atom. The van der Waals surface area contributed by atoms with E-state index in [-0.39, 0.29) is 65.0 Å². The number of rotatable bonds is 7. The van der Waals surface area contributed by atoms with Crippen molar-refractivity contribution in [2.75, 3.05) is 26.2 Å². The van der Waals surface area contributed by atoms with Gasteiger partial charge in [-0.25, -0.2) is 23.1 Å². The maximum absolute atomic E-state index is 16.4. The summed E-state index contributed by atoms with van der Waals surface area (Å²) in [5, 5.41) is 14.9. The molecule has 2 saturated heterocycles. The number of hydrogen-bond donors (Lipinski definition) is 1. The van der Waals surface area contributed by atoms with Crippen LogP contribution in [0, 0.1) is 31.4 Å². The molecule has 5 atom stereocenters. The van der Waals surface area contributed by atoms with Crippen LogP contribution in [0.2, 0.25) is 0 Å². The van der Waals surface area contributed by atoms with Gasteiger partial charge in [-0.2, -0.15) is 10.2 Å². The molecule has 2 amide bonds. The minimum absolute atomic E-state index is 0.00933. The molecule has 8 aromatic rings. The molecule has 3 fully saturated rings. The summed E-state index contributed by atoms with van der Waals surface area (Å²) >= 11 is 0. The van der Waals surface area contributed by atoms with Crippen molar-refractivity contribution in [1.82, 2.24) is 53.2 Å². The fourth-order valence-electron chi connectivity index (χ4n) is 12.5. The Balaban J connectivity index is 1.07. The van der Waals surface area contributed by atoms with Crippen LogP contribution in [0.3, 0.4) is 0 Å². The Kier molecular flexibility index (Phi) is 10.0. The molecule has 372 valence electrons. The molecule has 8 heterocycles. The maximum atomic E-state index is 16.4. The van der Waals surface area contributed by atoms with Crippen LogP contribution < -0.4 is 11.4 Å². The Hall–Kier alpha value is -7.41. The molecule has 0 radical (unpaired) electrons. The number of ether oxygens (including phenoxy) is 1. The molecular weight excluding hydrogens is 925 g/mol. The highest BCUT2D eigenvalue weighted by molar-refractivity contribution is 6.00. The highest BCUT2D eigenvalue weighted by Crippen LogP contribution is 2.56. The summed E-state index contributed by atoms with van der Waals surface area (Å²) in [6, 6.07) is 14.1. The van der Waals surface area contributed by atoms with Crippen molar-refractivity contribution in [2.24, 2.45) is 13.0 Å². The lowest BCUT2D eigenvalue weighted by atomic mass is 9.76. The quantitative estimate of drug-likeness (QED) is 0.171. The summed E-state index contributed by atoms with van der Waals surface area (Å²) in [6.45, 7) is 14.4. The van der Waals surface area contributed by atoms with Crippen molar-refractivity contribution in [3.05, 3.63) is 139 Å². The minimum atomic E-state index is -0.932. The van der Waals surface area contributed by atoms with Gasteiger partial charge in [0.25, 0.3) is 5.91 Å². The number of amides is 2. The van der Waals surface area contributed by atoms with Gasteiger partial charge in [-0.05, 0) is 131 Å². The third-order valence-electron chi connectivity index (χ3n) is 16.3. The number of hydrogen-bond acceptors (Lipinski definition) is 9. The van der Waals surface area contributed by atoms with E-state index in [1.807, 2.05) is 17.6 Å². The molecule has 72 heavy (non-hydrogen) atoms. The van der Waals surface area contributed by atoms with E-state index in [0.717, 1.165) is 29.3 Å². The van der Waals surface area contributed by atoms with Gasteiger partial charge in [0.15, 0.2) is 11.6 Å². The Bertz CT molecular complexity index is 3700. The van der Waals surface area contributed by atoms with Gasteiger partial charge >= 0.3 is 11.4 Å². The number of aryl methyl sites for hydroxylation is 3. The molecule has 4 aliphatic rings. The zero-order chi connectivity index (χ0) is 50.5. The fourth-order valence-corrected chi connectivity index (χ4v) is 12.5. The first-order valence-corrected chi connectivity index (χ1v) is 24.5. The molecular formula is C53H55F2N11O6. The van der Waals surface area contributed by atoms with Crippen LogP contribution in [0.1, 0.15) is 117 Å². The molecule has 19 heteroatoms. The second kappa shape index (κ2) is 15.8. The summed E-state index contributed by atoms with van der Waals surface area (Å²) in [5.74, 6) is -1.40. The Labute approximate surface area is 411 Å². The smallest absolute Gasteiger partial charge is 0.376 e. The van der Waals surface area contributed by atoms with Crippen LogP contribution >= 0.6 is 0 Å². The first-order chi connectivity index (χ1) is 34.3. The highest BCUT2D eigenvalue weighted by atomic mass is 19.1. The Morgan fingerprint density at radius 1 is 0.917 bits per heavy atom. The van der Waals surface area contributed by atoms with Crippen LogP contribution in [0.5, 0.6) is 0 Å². The van der Waals surface area contributed by atoms with Gasteiger partial charge in [0, 0.05) is 69.1 Å². The van der Waals surface area contributed by atoms with Crippen LogP contribution in [0.15, 0.2) is 81.2 Å². The van der Waals surface area contributed by atoms with Gasteiger partial charge in [-0.15, -0.1) is 0 Å². The predicted octanol–water partition coefficient (Wildman–Crippen LogP) is 7.39. The average molecular weight is 980 g/mol. The van der Waals surface area contributed by atoms with Gasteiger partial charge in [0.05, 0.1) is 51.2 Å². The molecule has 1 N–H and O–H groups in total. The zero-order valence-electron chi connectivity index (χ0n) is 41.4. The predicted molar refractivity (Wildman–Crippen MR) is 262 cm³/mol. The second-order valence-corrected chi connectivity index (χ2v) is 21.3. The average Bonchev–Trinajstić information content (AvgIpc) is 4.09. The van der Waals surface area contributed by atoms with Crippen molar-refractivity contribution in [3.8, 4) is 17.2 Å². The monoisotopic (exact) mass is 979 g/mol. The summed E-state index contributed by atoms with van der Waals surface area (Å²) in [6.07, 6.45) is 7.14. The molecule has 3 aliphatic heterocycles. The van der Waals surface area contributed by atoms with Crippen LogP contribution in [-0.2, 0) is 27.5 Å². The fraction of sp³-hybridized carbons (Fsp3) is 0.415. The summed E-state index contributed by atoms with van der Waals surface area (Å²) in [5.41, 5.74) is 2.39. The van der Waals surface area contributed by atoms with E-state index in [4.69, 9.17) is 14.4 Å². The number of nitrogens with one attached hydrogen (secondary N) is 1. The number of H-pyrrole nitrogens is 1. The third kappa shape index (κ3) is 6.68. The third-order valence-corrected chi connectivity index (χ3v) is 16.3. The van der Waals surface area contributed by atoms with E-state index in [1.165, 1.54) is 34.5 Å². The lowest BCUT2D eigenvalue weighted by molar-refractivity contribution is -0.128. The molecule has 1 unspecified atom stereocenters. The van der Waals surface area contributed by atoms with Crippen molar-refractivity contribution in [1.29, 1.82) is 0 Å². The van der Waals surface area contributed by atoms with E-state index in [2.05, 4.69) is 54.2 Å². The van der Waals surface area contributed by atoms with Gasteiger partial charge in [-0.3, -0.25) is 32.9 Å². The van der Waals surface area contributed by atoms with E-state index >= 15 is 18.4 Å². The Morgan fingerprint density at radius 2 is 1.65 bits per heavy atom. The maximum Gasteiger partial charge on any atom is 0.438 e. The highest BCUT2D eigenvalue weighted by Gasteiger charge is 2.60. The number of carbonyl (C=O) groups is 2. The van der Waals surface area contributed by atoms with Crippen LogP contribution in [-0.4, -0.2) is 96.9 Å². The SMILES string of the molecule is CC(=O)N1CCC2(C1)CN(C(=O)c1cc3cc([C@H]4CCOC(C)(C)C4)ccc3n1[C@@]1(c3noc(=O)[nH]3)C[C@@H]1C)[C@@H](C)c1c2nn(-c2cc(C)c(F)c(C)c2)c1-n1ccn(-c2ccc3c(cnn3C)c2F)c1=O. The van der Waals surface area contributed by atoms with Crippen LogP contribution in [0.4, 0.5) is 8.78 Å². The minimum Gasteiger partial charge on any atom is -0.376 e. The number of carbonyl (C=O) groups excluding carboxylic acids is 2. The lowest BCUT2D eigenvalue weighted by Crippen LogP contribution is -2.52. The van der Waals surface area contributed by atoms with Crippen molar-refractivity contribution in [2.45, 2.75) is 103 Å². The lowest BCUT2D eigenvalue weighted by Gasteiger charge is -2.43. The summed E-state index contributed by atoms with van der Waals surface area (Å²) in [4.78, 5) is 63.5. The molecule has 17 nitrogen and oxygen atoms in total. The van der Waals surface area contributed by atoms with E-state index in [0.29, 0.717) is 71.1 Å². The van der Waals surface area contributed by atoms with Crippen molar-refractivity contribution < 1.29 is 27.6 Å². The van der Waals surface area contributed by atoms with Gasteiger partial charge in [0.1, 0.15) is 22.9 Å². The molecule has 1 aliphatic carbocycles. The molecule has 12 rings (SSSR count). The number of fused-ring (bicyclic) bond motifs is 4. The number of likely N-dealkylation sites (tertiary alicyclic amines) is 1. The van der Waals surface area contributed by atoms with E-state index in [9.17, 15) is 9.59 Å². The first kappa shape index (κ1) is 45.7. The van der Waals surface area contributed by atoms with Crippen molar-refractivity contribution >= 4 is 33.6 Å². The van der Waals surface area contributed by atoms with Gasteiger partial charge in [0.2, 0.25) is 5.91 Å². The number of imidazole rings is 1. The normalized spacial score (nSPS) is 23.7. The van der Waals surface area contributed by atoms with Gasteiger partial charge < -0.3 is 19.1 Å². The molecule has 3 aromatic carbocycles. The molecule has 5 aromatic heterocycles. The molecule has 0 bridgehead atoms. The largest absolute Gasteiger partial charge is 0.438 e. The second-order valence-electron chi connectivity index (χ2n) is 21.3. The van der Waals surface area contributed by atoms with E-state index in [1.54, 1.807) is 64.5 Å². The standard InChI is InChI=1S/C53H55F2N11O6/c1-28-19-36(20-29(2)43(28)54)66-46(63-17-16-62(50(63)70)40-12-11-39-37(44(40)55)25-56-60(39)8)42-31(4)64(27-52(45(42)58-66)14-15-61(26-52)32(5)67)47(68)41-22-35-21-33(34-13-18-71-51(6,7)24-34)9-10-38(35)65(41)53(23-30(53)3)48-57-49(69)72-59-48/h9-12,16-17,19-22,25,30-31,34H,13-15,18,23-24,26-27H2,1-8H3,(H,57,59,69)/t30-,31-,34-,52?,53-/m0/s1. The number of aromatic nitrogens is 9. The number of halogens is 2. The van der Waals surface area contributed by atoms with Crippen LogP contribution in [0.25, 0.3) is 39.0 Å². The topological polar surface area (TPSA) is 176 Å². The van der Waals surface area contributed by atoms with Gasteiger partial charge in [-0.1, -0.05) is 18.1 Å². The summed E-state index contributed by atoms with van der Waals surface area (Å²) in [7, 11) is 1.71. The molecule has 1 saturated carbocycles.